The van der Waals surface area contributed by atoms with Gasteiger partial charge in [-0.2, -0.15) is 0 Å². The average molecular weight is 480 g/mol. The second-order valence-corrected chi connectivity index (χ2v) is 8.40. The molecule has 0 aliphatic rings. The minimum Gasteiger partial charge on any atom is -0.507 e. The molecule has 5 N–H and O–H groups in total. The van der Waals surface area contributed by atoms with Crippen LogP contribution >= 0.6 is 0 Å². The van der Waals surface area contributed by atoms with Crippen molar-refractivity contribution in [1.29, 1.82) is 0 Å². The first-order valence-electron chi connectivity index (χ1n) is 9.19. The highest BCUT2D eigenvalue weighted by Crippen LogP contribution is 2.31. The summed E-state index contributed by atoms with van der Waals surface area (Å²) in [7, 11) is -3.10. The molecule has 13 heteroatoms. The van der Waals surface area contributed by atoms with Crippen LogP contribution in [0.25, 0.3) is 0 Å². The molecular weight excluding hydrogens is 460 g/mol. The van der Waals surface area contributed by atoms with Gasteiger partial charge in [0.05, 0.1) is 19.6 Å². The van der Waals surface area contributed by atoms with Crippen LogP contribution in [0.3, 0.4) is 0 Å². The van der Waals surface area contributed by atoms with E-state index in [2.05, 4.69) is 10.0 Å². The molecule has 0 radical (unpaired) electrons. The highest BCUT2D eigenvalue weighted by molar-refractivity contribution is 7.89. The zero-order valence-electron chi connectivity index (χ0n) is 17.1. The molecule has 0 fully saturated rings. The van der Waals surface area contributed by atoms with Crippen LogP contribution in [0, 0.1) is 0 Å². The predicted molar refractivity (Wildman–Crippen MR) is 112 cm³/mol. The van der Waals surface area contributed by atoms with Gasteiger partial charge in [-0.05, 0) is 23.8 Å². The number of aromatic carboxylic acids is 1. The number of ether oxygens (including phenoxy) is 1. The third-order valence-electron chi connectivity index (χ3n) is 4.36. The minimum atomic E-state index is -4.25. The Labute approximate surface area is 187 Å². The zero-order valence-corrected chi connectivity index (χ0v) is 18.0. The molecule has 0 bridgehead atoms. The lowest BCUT2D eigenvalue weighted by Gasteiger charge is -2.13. The quantitative estimate of drug-likeness (QED) is 0.280. The van der Waals surface area contributed by atoms with Crippen LogP contribution in [0.15, 0.2) is 41.3 Å². The largest absolute Gasteiger partial charge is 0.507 e. The molecular formula is C20H20N2O10S. The molecule has 0 aromatic heterocycles. The van der Waals surface area contributed by atoms with Gasteiger partial charge < -0.3 is 30.2 Å². The van der Waals surface area contributed by atoms with Crippen molar-refractivity contribution in [3.63, 3.8) is 0 Å². The number of aromatic hydroxyl groups is 1. The van der Waals surface area contributed by atoms with Crippen molar-refractivity contribution in [1.82, 2.24) is 10.0 Å². The summed E-state index contributed by atoms with van der Waals surface area (Å²) in [5.41, 5.74) is -0.0722. The monoisotopic (exact) mass is 480 g/mol. The summed E-state index contributed by atoms with van der Waals surface area (Å²) in [6.45, 7) is -0.230. The number of amides is 1. The fraction of sp³-hybridized carbons (Fsp3) is 0.200. The van der Waals surface area contributed by atoms with Gasteiger partial charge in [0, 0.05) is 18.2 Å². The van der Waals surface area contributed by atoms with Crippen LogP contribution in [0.1, 0.15) is 32.7 Å². The topological polar surface area (TPSA) is 196 Å². The number of aldehydes is 1. The number of carboxylic acids is 2. The summed E-state index contributed by atoms with van der Waals surface area (Å²) < 4.78 is 32.6. The Morgan fingerprint density at radius 3 is 2.27 bits per heavy atom. The van der Waals surface area contributed by atoms with E-state index in [9.17, 15) is 32.7 Å². The van der Waals surface area contributed by atoms with Crippen molar-refractivity contribution >= 4 is 34.2 Å². The Bertz CT molecular complexity index is 1180. The summed E-state index contributed by atoms with van der Waals surface area (Å²) in [6, 6.07) is 6.02. The van der Waals surface area contributed by atoms with Gasteiger partial charge in [-0.1, -0.05) is 12.1 Å². The number of benzene rings is 2. The molecule has 2 aromatic rings. The molecule has 2 rings (SSSR count). The van der Waals surface area contributed by atoms with E-state index in [1.807, 2.05) is 0 Å². The number of sulfonamides is 1. The predicted octanol–water partition coefficient (Wildman–Crippen LogP) is 0.350. The van der Waals surface area contributed by atoms with Crippen LogP contribution in [0.5, 0.6) is 11.5 Å². The first-order chi connectivity index (χ1) is 15.5. The fourth-order valence-electron chi connectivity index (χ4n) is 2.69. The summed E-state index contributed by atoms with van der Waals surface area (Å²) >= 11 is 0. The average Bonchev–Trinajstić information content (AvgIpc) is 2.76. The lowest BCUT2D eigenvalue weighted by Crippen LogP contribution is -2.37. The van der Waals surface area contributed by atoms with Gasteiger partial charge in [0.2, 0.25) is 10.0 Å². The van der Waals surface area contributed by atoms with Crippen molar-refractivity contribution in [3.05, 3.63) is 53.1 Å². The number of carboxylic acid groups (broad SMARTS) is 2. The molecule has 12 nitrogen and oxygen atoms in total. The first-order valence-corrected chi connectivity index (χ1v) is 10.7. The second-order valence-electron chi connectivity index (χ2n) is 6.66. The Balaban J connectivity index is 2.14. The van der Waals surface area contributed by atoms with Gasteiger partial charge in [0.1, 0.15) is 28.2 Å². The maximum atomic E-state index is 12.7. The van der Waals surface area contributed by atoms with Crippen molar-refractivity contribution in [2.75, 3.05) is 7.11 Å². The maximum Gasteiger partial charge on any atom is 0.339 e. The molecule has 0 heterocycles. The molecule has 33 heavy (non-hydrogen) atoms. The molecule has 0 saturated carbocycles. The molecule has 0 saturated heterocycles. The van der Waals surface area contributed by atoms with Gasteiger partial charge in [-0.3, -0.25) is 9.59 Å². The van der Waals surface area contributed by atoms with E-state index in [-0.39, 0.29) is 17.9 Å². The van der Waals surface area contributed by atoms with Gasteiger partial charge in [-0.25, -0.2) is 17.9 Å². The van der Waals surface area contributed by atoms with E-state index in [1.54, 1.807) is 0 Å². The van der Waals surface area contributed by atoms with Crippen LogP contribution in [-0.4, -0.2) is 61.0 Å². The van der Waals surface area contributed by atoms with Gasteiger partial charge in [0.15, 0.2) is 0 Å². The van der Waals surface area contributed by atoms with Gasteiger partial charge in [-0.15, -0.1) is 0 Å². The summed E-state index contributed by atoms with van der Waals surface area (Å²) in [6.07, 6.45) is -0.262. The Hall–Kier alpha value is -3.97. The van der Waals surface area contributed by atoms with E-state index >= 15 is 0 Å². The van der Waals surface area contributed by atoms with E-state index in [1.165, 1.54) is 24.3 Å². The zero-order chi connectivity index (χ0) is 24.8. The van der Waals surface area contributed by atoms with E-state index in [0.717, 1.165) is 19.2 Å². The Morgan fingerprint density at radius 1 is 1.12 bits per heavy atom. The van der Waals surface area contributed by atoms with Gasteiger partial charge in [0.25, 0.3) is 5.91 Å². The van der Waals surface area contributed by atoms with Crippen molar-refractivity contribution < 1.29 is 47.7 Å². The molecule has 0 unspecified atom stereocenters. The van der Waals surface area contributed by atoms with Gasteiger partial charge >= 0.3 is 11.9 Å². The van der Waals surface area contributed by atoms with E-state index in [0.29, 0.717) is 11.8 Å². The van der Waals surface area contributed by atoms with Crippen LogP contribution in [0.4, 0.5) is 0 Å². The highest BCUT2D eigenvalue weighted by Gasteiger charge is 2.24. The minimum absolute atomic E-state index is 0.116. The lowest BCUT2D eigenvalue weighted by atomic mass is 10.1. The molecule has 0 aliphatic heterocycles. The first kappa shape index (κ1) is 25.3. The van der Waals surface area contributed by atoms with E-state index < -0.39 is 56.5 Å². The van der Waals surface area contributed by atoms with Crippen LogP contribution in [0.2, 0.25) is 0 Å². The summed E-state index contributed by atoms with van der Waals surface area (Å²) in [5.74, 6) is -4.39. The van der Waals surface area contributed by atoms with Crippen LogP contribution < -0.4 is 14.8 Å². The highest BCUT2D eigenvalue weighted by atomic mass is 32.2. The number of carbonyl (C=O) groups excluding carboxylic acids is 2. The van der Waals surface area contributed by atoms with E-state index in [4.69, 9.17) is 14.9 Å². The van der Waals surface area contributed by atoms with Crippen molar-refractivity contribution in [2.24, 2.45) is 0 Å². The second kappa shape index (κ2) is 10.6. The normalized spacial score (nSPS) is 11.9. The number of phenols is 1. The molecule has 0 aliphatic carbocycles. The van der Waals surface area contributed by atoms with Crippen LogP contribution in [-0.2, 0) is 26.2 Å². The molecule has 2 aromatic carbocycles. The Morgan fingerprint density at radius 2 is 1.76 bits per heavy atom. The number of nitrogens with one attached hydrogen (secondary N) is 2. The smallest absolute Gasteiger partial charge is 0.339 e. The standard InChI is InChI=1S/C20H20N2O10S/c1-32-16-8-15(24)14(20(28)29)7-17(16)33(30,31)21-9-11-2-4-12(5-3-11)19(27)22-13(10-23)6-18(25)26/h2-5,7-8,10,13,21,24H,6,9H2,1H3,(H,22,27)(H,25,26)(H,28,29)/t13-/m0/s1. The Kier molecular flexibility index (Phi) is 8.10. The molecule has 176 valence electrons. The fourth-order valence-corrected chi connectivity index (χ4v) is 3.89. The van der Waals surface area contributed by atoms with Crippen molar-refractivity contribution in [2.45, 2.75) is 23.9 Å². The van der Waals surface area contributed by atoms with Crippen molar-refractivity contribution in [3.8, 4) is 11.5 Å². The molecule has 1 atom stereocenters. The SMILES string of the molecule is COc1cc(O)c(C(=O)O)cc1S(=O)(=O)NCc1ccc(C(=O)N[C@H](C=O)CC(=O)O)cc1. The molecule has 0 spiro atoms. The number of hydrogen-bond acceptors (Lipinski definition) is 8. The maximum absolute atomic E-state index is 12.7. The lowest BCUT2D eigenvalue weighted by molar-refractivity contribution is -0.138. The number of carbonyl (C=O) groups is 4. The number of aliphatic carboxylic acids is 1. The number of rotatable bonds is 11. The number of hydrogen-bond donors (Lipinski definition) is 5. The third-order valence-corrected chi connectivity index (χ3v) is 5.78. The molecule has 1 amide bonds. The number of methoxy groups -OCH3 is 1. The third kappa shape index (κ3) is 6.51. The summed E-state index contributed by atoms with van der Waals surface area (Å²) in [5, 5.41) is 29.8. The summed E-state index contributed by atoms with van der Waals surface area (Å²) in [4.78, 5) is 44.4.